The molecule has 0 heterocycles. The monoisotopic (exact) mass is 208 g/mol. The fourth-order valence-electron chi connectivity index (χ4n) is 1.45. The van der Waals surface area contributed by atoms with Gasteiger partial charge in [-0.3, -0.25) is 0 Å². The molecule has 2 nitrogen and oxygen atoms in total. The number of ether oxygens (including phenoxy) is 1. The quantitative estimate of drug-likeness (QED) is 0.806. The van der Waals surface area contributed by atoms with Gasteiger partial charge in [0.2, 0.25) is 0 Å². The standard InChI is InChI=1S/C13H20O2/c1-4-10(2)12-7-5-6-8-13(12)15-9-11(3)14/h5-8,10-11,14H,4,9H2,1-3H3/t10?,11-/m0/s1. The summed E-state index contributed by atoms with van der Waals surface area (Å²) in [5.41, 5.74) is 1.22. The molecule has 0 aliphatic carbocycles. The molecule has 0 aliphatic heterocycles. The third-order valence-electron chi connectivity index (χ3n) is 2.54. The van der Waals surface area contributed by atoms with Crippen LogP contribution < -0.4 is 4.74 Å². The minimum Gasteiger partial charge on any atom is -0.491 e. The highest BCUT2D eigenvalue weighted by atomic mass is 16.5. The van der Waals surface area contributed by atoms with Gasteiger partial charge in [0.05, 0.1) is 6.10 Å². The lowest BCUT2D eigenvalue weighted by molar-refractivity contribution is 0.122. The van der Waals surface area contributed by atoms with Crippen LogP contribution >= 0.6 is 0 Å². The number of para-hydroxylation sites is 1. The number of hydrogen-bond donors (Lipinski definition) is 1. The Morgan fingerprint density at radius 1 is 1.27 bits per heavy atom. The van der Waals surface area contributed by atoms with Crippen molar-refractivity contribution in [3.63, 3.8) is 0 Å². The van der Waals surface area contributed by atoms with Gasteiger partial charge in [0, 0.05) is 0 Å². The molecule has 0 radical (unpaired) electrons. The van der Waals surface area contributed by atoms with Gasteiger partial charge in [0.15, 0.2) is 0 Å². The number of hydrogen-bond acceptors (Lipinski definition) is 2. The molecule has 1 aromatic rings. The first-order valence-corrected chi connectivity index (χ1v) is 5.55. The SMILES string of the molecule is CCC(C)c1ccccc1OC[C@H](C)O. The van der Waals surface area contributed by atoms with Crippen LogP contribution in [0.5, 0.6) is 5.75 Å². The first-order chi connectivity index (χ1) is 7.15. The first-order valence-electron chi connectivity index (χ1n) is 5.55. The van der Waals surface area contributed by atoms with Crippen molar-refractivity contribution in [1.82, 2.24) is 0 Å². The Balaban J connectivity index is 2.77. The molecular weight excluding hydrogens is 188 g/mol. The van der Waals surface area contributed by atoms with Crippen molar-refractivity contribution in [2.75, 3.05) is 6.61 Å². The van der Waals surface area contributed by atoms with E-state index in [9.17, 15) is 5.11 Å². The van der Waals surface area contributed by atoms with Gasteiger partial charge in [-0.25, -0.2) is 0 Å². The van der Waals surface area contributed by atoms with Crippen LogP contribution in [0.15, 0.2) is 24.3 Å². The van der Waals surface area contributed by atoms with Crippen LogP contribution in [0.4, 0.5) is 0 Å². The van der Waals surface area contributed by atoms with Crippen LogP contribution in [0, 0.1) is 0 Å². The molecule has 0 spiro atoms. The average molecular weight is 208 g/mol. The van der Waals surface area contributed by atoms with E-state index in [2.05, 4.69) is 19.9 Å². The van der Waals surface area contributed by atoms with Gasteiger partial charge in [-0.2, -0.15) is 0 Å². The zero-order chi connectivity index (χ0) is 11.3. The van der Waals surface area contributed by atoms with Crippen molar-refractivity contribution in [2.45, 2.75) is 39.2 Å². The van der Waals surface area contributed by atoms with E-state index < -0.39 is 6.10 Å². The summed E-state index contributed by atoms with van der Waals surface area (Å²) in [6.07, 6.45) is 0.671. The Hall–Kier alpha value is -1.02. The fourth-order valence-corrected chi connectivity index (χ4v) is 1.45. The van der Waals surface area contributed by atoms with E-state index in [0.717, 1.165) is 12.2 Å². The lowest BCUT2D eigenvalue weighted by Crippen LogP contribution is -2.13. The van der Waals surface area contributed by atoms with Gasteiger partial charge in [-0.1, -0.05) is 32.0 Å². The van der Waals surface area contributed by atoms with Crippen LogP contribution in [-0.4, -0.2) is 17.8 Å². The summed E-state index contributed by atoms with van der Waals surface area (Å²) >= 11 is 0. The van der Waals surface area contributed by atoms with Crippen molar-refractivity contribution in [1.29, 1.82) is 0 Å². The smallest absolute Gasteiger partial charge is 0.122 e. The van der Waals surface area contributed by atoms with Crippen molar-refractivity contribution >= 4 is 0 Å². The maximum atomic E-state index is 9.18. The van der Waals surface area contributed by atoms with Crippen LogP contribution in [0.25, 0.3) is 0 Å². The van der Waals surface area contributed by atoms with Crippen LogP contribution in [0.3, 0.4) is 0 Å². The third-order valence-corrected chi connectivity index (χ3v) is 2.54. The second-order valence-corrected chi connectivity index (χ2v) is 4.01. The van der Waals surface area contributed by atoms with Gasteiger partial charge in [-0.05, 0) is 30.9 Å². The molecule has 15 heavy (non-hydrogen) atoms. The zero-order valence-corrected chi connectivity index (χ0v) is 9.73. The summed E-state index contributed by atoms with van der Waals surface area (Å²) in [4.78, 5) is 0. The molecule has 84 valence electrons. The van der Waals surface area contributed by atoms with Crippen molar-refractivity contribution in [2.24, 2.45) is 0 Å². The number of benzene rings is 1. The Labute approximate surface area is 91.9 Å². The predicted molar refractivity (Wildman–Crippen MR) is 62.3 cm³/mol. The summed E-state index contributed by atoms with van der Waals surface area (Å²) in [5, 5.41) is 9.18. The highest BCUT2D eigenvalue weighted by Crippen LogP contribution is 2.28. The van der Waals surface area contributed by atoms with Crippen LogP contribution in [-0.2, 0) is 0 Å². The Bertz CT molecular complexity index is 294. The maximum absolute atomic E-state index is 9.18. The summed E-state index contributed by atoms with van der Waals surface area (Å²) in [6, 6.07) is 8.04. The molecule has 2 atom stereocenters. The van der Waals surface area contributed by atoms with E-state index >= 15 is 0 Å². The molecule has 0 saturated carbocycles. The van der Waals surface area contributed by atoms with Gasteiger partial charge >= 0.3 is 0 Å². The van der Waals surface area contributed by atoms with Crippen LogP contribution in [0.2, 0.25) is 0 Å². The number of rotatable bonds is 5. The highest BCUT2D eigenvalue weighted by molar-refractivity contribution is 5.35. The van der Waals surface area contributed by atoms with E-state index in [-0.39, 0.29) is 0 Å². The predicted octanol–water partition coefficient (Wildman–Crippen LogP) is 2.96. The van der Waals surface area contributed by atoms with Crippen LogP contribution in [0.1, 0.15) is 38.7 Å². The van der Waals surface area contributed by atoms with Crippen molar-refractivity contribution in [3.8, 4) is 5.75 Å². The lowest BCUT2D eigenvalue weighted by atomic mass is 9.98. The van der Waals surface area contributed by atoms with Gasteiger partial charge in [-0.15, -0.1) is 0 Å². The van der Waals surface area contributed by atoms with Gasteiger partial charge in [0.1, 0.15) is 12.4 Å². The molecule has 1 N–H and O–H groups in total. The summed E-state index contributed by atoms with van der Waals surface area (Å²) in [5.74, 6) is 1.39. The Morgan fingerprint density at radius 2 is 1.93 bits per heavy atom. The number of aliphatic hydroxyl groups excluding tert-OH is 1. The summed E-state index contributed by atoms with van der Waals surface area (Å²) in [7, 11) is 0. The van der Waals surface area contributed by atoms with Crippen molar-refractivity contribution < 1.29 is 9.84 Å². The lowest BCUT2D eigenvalue weighted by Gasteiger charge is -2.16. The summed E-state index contributed by atoms with van der Waals surface area (Å²) in [6.45, 7) is 6.43. The summed E-state index contributed by atoms with van der Waals surface area (Å²) < 4.78 is 5.57. The topological polar surface area (TPSA) is 29.5 Å². The molecule has 0 aliphatic rings. The fraction of sp³-hybridized carbons (Fsp3) is 0.538. The first kappa shape index (κ1) is 12.1. The minimum atomic E-state index is -0.421. The molecule has 0 saturated heterocycles. The van der Waals surface area contributed by atoms with E-state index in [1.54, 1.807) is 6.92 Å². The van der Waals surface area contributed by atoms with Crippen molar-refractivity contribution in [3.05, 3.63) is 29.8 Å². The minimum absolute atomic E-state index is 0.355. The van der Waals surface area contributed by atoms with Gasteiger partial charge in [0.25, 0.3) is 0 Å². The van der Waals surface area contributed by atoms with E-state index in [0.29, 0.717) is 12.5 Å². The highest BCUT2D eigenvalue weighted by Gasteiger charge is 2.09. The van der Waals surface area contributed by atoms with E-state index in [1.165, 1.54) is 5.56 Å². The normalized spacial score (nSPS) is 14.7. The molecule has 2 heteroatoms. The molecule has 0 fully saturated rings. The van der Waals surface area contributed by atoms with E-state index in [1.807, 2.05) is 18.2 Å². The van der Waals surface area contributed by atoms with Gasteiger partial charge < -0.3 is 9.84 Å². The molecule has 0 amide bonds. The second kappa shape index (κ2) is 5.76. The molecule has 0 bridgehead atoms. The maximum Gasteiger partial charge on any atom is 0.122 e. The molecule has 1 rings (SSSR count). The average Bonchev–Trinajstić information content (AvgIpc) is 2.25. The largest absolute Gasteiger partial charge is 0.491 e. The molecule has 0 aromatic heterocycles. The molecular formula is C13H20O2. The zero-order valence-electron chi connectivity index (χ0n) is 9.73. The third kappa shape index (κ3) is 3.56. The second-order valence-electron chi connectivity index (χ2n) is 4.01. The Morgan fingerprint density at radius 3 is 2.53 bits per heavy atom. The van der Waals surface area contributed by atoms with E-state index in [4.69, 9.17) is 4.74 Å². The Kier molecular flexibility index (Phi) is 4.63. The molecule has 1 aromatic carbocycles. The molecule has 1 unspecified atom stereocenters. The number of aliphatic hydroxyl groups is 1.